The fourth-order valence-corrected chi connectivity index (χ4v) is 1.58. The van der Waals surface area contributed by atoms with Gasteiger partial charge in [-0.3, -0.25) is 4.79 Å². The zero-order valence-corrected chi connectivity index (χ0v) is 13.1. The average molecular weight is 309 g/mol. The third-order valence-electron chi connectivity index (χ3n) is 2.60. The van der Waals surface area contributed by atoms with Crippen molar-refractivity contribution in [2.45, 2.75) is 32.8 Å². The van der Waals surface area contributed by atoms with E-state index in [0.717, 1.165) is 0 Å². The van der Waals surface area contributed by atoms with E-state index in [1.54, 1.807) is 20.8 Å². The van der Waals surface area contributed by atoms with Crippen molar-refractivity contribution in [3.05, 3.63) is 23.8 Å². The number of aromatic hydroxyl groups is 1. The van der Waals surface area contributed by atoms with E-state index in [-0.39, 0.29) is 17.3 Å². The van der Waals surface area contributed by atoms with Crippen LogP contribution < -0.4 is 16.4 Å². The van der Waals surface area contributed by atoms with Gasteiger partial charge in [-0.1, -0.05) is 0 Å². The third kappa shape index (κ3) is 6.34. The normalized spacial score (nSPS) is 10.9. The van der Waals surface area contributed by atoms with Gasteiger partial charge in [-0.15, -0.1) is 0 Å². The minimum Gasteiger partial charge on any atom is -0.506 e. The number of amides is 2. The topological polar surface area (TPSA) is 114 Å². The highest BCUT2D eigenvalue weighted by Crippen LogP contribution is 2.20. The highest BCUT2D eigenvalue weighted by atomic mass is 16.6. The number of phenolic OH excluding ortho intramolecular Hbond substituents is 1. The molecule has 7 nitrogen and oxygen atoms in total. The Labute approximate surface area is 129 Å². The van der Waals surface area contributed by atoms with Crippen LogP contribution in [-0.4, -0.2) is 35.8 Å². The average Bonchev–Trinajstić information content (AvgIpc) is 2.39. The summed E-state index contributed by atoms with van der Waals surface area (Å²) >= 11 is 0. The molecule has 0 aromatic heterocycles. The summed E-state index contributed by atoms with van der Waals surface area (Å²) in [4.78, 5) is 23.2. The van der Waals surface area contributed by atoms with Crippen molar-refractivity contribution in [3.63, 3.8) is 0 Å². The van der Waals surface area contributed by atoms with Gasteiger partial charge < -0.3 is 26.2 Å². The summed E-state index contributed by atoms with van der Waals surface area (Å²) in [5.41, 5.74) is 5.48. The van der Waals surface area contributed by atoms with E-state index >= 15 is 0 Å². The summed E-state index contributed by atoms with van der Waals surface area (Å²) in [6, 6.07) is 4.31. The van der Waals surface area contributed by atoms with E-state index in [4.69, 9.17) is 10.5 Å². The largest absolute Gasteiger partial charge is 0.506 e. The lowest BCUT2D eigenvalue weighted by atomic mass is 10.2. The molecule has 22 heavy (non-hydrogen) atoms. The molecule has 0 spiro atoms. The molecule has 1 rings (SSSR count). The fourth-order valence-electron chi connectivity index (χ4n) is 1.58. The molecule has 0 aliphatic heterocycles. The number of nitrogens with one attached hydrogen (secondary N) is 2. The Hall–Kier alpha value is -2.44. The van der Waals surface area contributed by atoms with Gasteiger partial charge in [0.1, 0.15) is 11.4 Å². The van der Waals surface area contributed by atoms with Gasteiger partial charge in [-0.25, -0.2) is 4.79 Å². The zero-order chi connectivity index (χ0) is 16.8. The van der Waals surface area contributed by atoms with Crippen LogP contribution in [-0.2, 0) is 4.74 Å². The van der Waals surface area contributed by atoms with Crippen molar-refractivity contribution in [1.82, 2.24) is 10.6 Å². The summed E-state index contributed by atoms with van der Waals surface area (Å²) in [7, 11) is 0. The summed E-state index contributed by atoms with van der Waals surface area (Å²) in [6.45, 7) is 6.14. The number of phenols is 1. The van der Waals surface area contributed by atoms with Gasteiger partial charge in [0.2, 0.25) is 0 Å². The third-order valence-corrected chi connectivity index (χ3v) is 2.60. The molecule has 1 aromatic carbocycles. The number of benzene rings is 1. The number of rotatable bonds is 5. The Morgan fingerprint density at radius 2 is 1.86 bits per heavy atom. The van der Waals surface area contributed by atoms with Gasteiger partial charge >= 0.3 is 6.09 Å². The first-order chi connectivity index (χ1) is 10.2. The monoisotopic (exact) mass is 309 g/mol. The smallest absolute Gasteiger partial charge is 0.407 e. The Morgan fingerprint density at radius 3 is 2.45 bits per heavy atom. The Bertz CT molecular complexity index is 538. The van der Waals surface area contributed by atoms with Gasteiger partial charge in [-0.05, 0) is 45.4 Å². The van der Waals surface area contributed by atoms with E-state index in [1.165, 1.54) is 18.2 Å². The molecule has 0 radical (unpaired) electrons. The molecular weight excluding hydrogens is 286 g/mol. The lowest BCUT2D eigenvalue weighted by Crippen LogP contribution is -2.34. The Kier molecular flexibility index (Phi) is 6.03. The van der Waals surface area contributed by atoms with E-state index in [0.29, 0.717) is 25.1 Å². The van der Waals surface area contributed by atoms with Crippen LogP contribution in [0.3, 0.4) is 0 Å². The summed E-state index contributed by atoms with van der Waals surface area (Å²) in [5, 5.41) is 14.7. The number of nitrogen functional groups attached to an aromatic ring is 1. The molecule has 0 aliphatic carbocycles. The first-order valence-electron chi connectivity index (χ1n) is 7.02. The van der Waals surface area contributed by atoms with Crippen LogP contribution in [0.25, 0.3) is 0 Å². The highest BCUT2D eigenvalue weighted by Gasteiger charge is 2.15. The van der Waals surface area contributed by atoms with E-state index in [2.05, 4.69) is 10.6 Å². The molecule has 0 fully saturated rings. The van der Waals surface area contributed by atoms with Gasteiger partial charge in [0.25, 0.3) is 5.91 Å². The van der Waals surface area contributed by atoms with Crippen LogP contribution in [0.5, 0.6) is 5.75 Å². The van der Waals surface area contributed by atoms with Crippen LogP contribution >= 0.6 is 0 Å². The molecule has 7 heteroatoms. The van der Waals surface area contributed by atoms with E-state index in [9.17, 15) is 14.7 Å². The number of alkyl carbamates (subject to hydrolysis) is 1. The molecule has 5 N–H and O–H groups in total. The second-order valence-corrected chi connectivity index (χ2v) is 5.81. The number of nitrogens with two attached hydrogens (primary N) is 1. The van der Waals surface area contributed by atoms with E-state index in [1.807, 2.05) is 0 Å². The molecular formula is C15H23N3O4. The number of hydrogen-bond acceptors (Lipinski definition) is 5. The van der Waals surface area contributed by atoms with Crippen LogP contribution in [0.15, 0.2) is 18.2 Å². The molecule has 1 aromatic rings. The second kappa shape index (κ2) is 7.53. The first-order valence-corrected chi connectivity index (χ1v) is 7.02. The highest BCUT2D eigenvalue weighted by molar-refractivity contribution is 5.95. The molecule has 2 amide bonds. The minimum absolute atomic E-state index is 0.126. The zero-order valence-electron chi connectivity index (χ0n) is 13.1. The summed E-state index contributed by atoms with van der Waals surface area (Å²) < 4.78 is 5.08. The second-order valence-electron chi connectivity index (χ2n) is 5.81. The predicted molar refractivity (Wildman–Crippen MR) is 83.7 cm³/mol. The quantitative estimate of drug-likeness (QED) is 0.375. The Balaban J connectivity index is 2.25. The number of carbonyl (C=O) groups excluding carboxylic acids is 2. The van der Waals surface area contributed by atoms with Crippen molar-refractivity contribution in [3.8, 4) is 5.75 Å². The van der Waals surface area contributed by atoms with Crippen LogP contribution in [0, 0.1) is 0 Å². The number of carbonyl (C=O) groups is 2. The van der Waals surface area contributed by atoms with Crippen molar-refractivity contribution >= 4 is 17.7 Å². The molecule has 0 saturated heterocycles. The molecule has 0 aliphatic rings. The lowest BCUT2D eigenvalue weighted by Gasteiger charge is -2.19. The number of ether oxygens (including phenoxy) is 1. The fraction of sp³-hybridized carbons (Fsp3) is 0.467. The molecule has 0 unspecified atom stereocenters. The summed E-state index contributed by atoms with van der Waals surface area (Å²) in [6.07, 6.45) is 0.0774. The lowest BCUT2D eigenvalue weighted by molar-refractivity contribution is 0.0527. The van der Waals surface area contributed by atoms with Gasteiger partial charge in [0.05, 0.1) is 5.69 Å². The van der Waals surface area contributed by atoms with Crippen LogP contribution in [0.1, 0.15) is 37.6 Å². The molecule has 0 heterocycles. The maximum Gasteiger partial charge on any atom is 0.407 e. The van der Waals surface area contributed by atoms with Crippen LogP contribution in [0.4, 0.5) is 10.5 Å². The van der Waals surface area contributed by atoms with E-state index < -0.39 is 11.7 Å². The van der Waals surface area contributed by atoms with Crippen LogP contribution in [0.2, 0.25) is 0 Å². The molecule has 0 atom stereocenters. The van der Waals surface area contributed by atoms with Crippen molar-refractivity contribution < 1.29 is 19.4 Å². The molecule has 0 saturated carbocycles. The SMILES string of the molecule is CC(C)(C)OC(=O)NCCCNC(=O)c1ccc(N)c(O)c1. The maximum absolute atomic E-state index is 11.8. The first kappa shape index (κ1) is 17.6. The van der Waals surface area contributed by atoms with Gasteiger partial charge in [-0.2, -0.15) is 0 Å². The Morgan fingerprint density at radius 1 is 1.23 bits per heavy atom. The summed E-state index contributed by atoms with van der Waals surface area (Å²) in [5.74, 6) is -0.438. The van der Waals surface area contributed by atoms with Gasteiger partial charge in [0, 0.05) is 18.7 Å². The van der Waals surface area contributed by atoms with Crippen molar-refractivity contribution in [1.29, 1.82) is 0 Å². The van der Waals surface area contributed by atoms with Gasteiger partial charge in [0.15, 0.2) is 0 Å². The van der Waals surface area contributed by atoms with Crippen molar-refractivity contribution in [2.24, 2.45) is 0 Å². The maximum atomic E-state index is 11.8. The standard InChI is InChI=1S/C15H23N3O4/c1-15(2,3)22-14(21)18-8-4-7-17-13(20)10-5-6-11(16)12(19)9-10/h5-6,9,19H,4,7-8,16H2,1-3H3,(H,17,20)(H,18,21). The predicted octanol–water partition coefficient (Wildman–Crippen LogP) is 1.62. The molecule has 0 bridgehead atoms. The van der Waals surface area contributed by atoms with Crippen molar-refractivity contribution in [2.75, 3.05) is 18.8 Å². The number of anilines is 1. The number of hydrogen-bond donors (Lipinski definition) is 4. The molecule has 122 valence electrons. The minimum atomic E-state index is -0.532.